The van der Waals surface area contributed by atoms with Crippen molar-refractivity contribution < 1.29 is 9.53 Å². The third-order valence-electron chi connectivity index (χ3n) is 3.04. The molecule has 0 aliphatic carbocycles. The zero-order chi connectivity index (χ0) is 13.3. The first-order valence-electron chi connectivity index (χ1n) is 5.77. The summed E-state index contributed by atoms with van der Waals surface area (Å²) in [5.41, 5.74) is 6.53. The number of hydrogen-bond acceptors (Lipinski definition) is 4. The minimum atomic E-state index is -0.433. The first-order valence-corrected chi connectivity index (χ1v) is 5.77. The molecule has 2 aromatic rings. The number of hydrogen-bond donors (Lipinski definition) is 1. The molecule has 5 nitrogen and oxygen atoms in total. The van der Waals surface area contributed by atoms with Crippen LogP contribution in [0.3, 0.4) is 0 Å². The van der Waals surface area contributed by atoms with Crippen molar-refractivity contribution >= 4 is 11.5 Å². The largest absolute Gasteiger partial charge is 0.464 e. The van der Waals surface area contributed by atoms with Gasteiger partial charge in [0.05, 0.1) is 12.6 Å². The number of fused-ring (bicyclic) bond motifs is 1. The molecule has 0 spiro atoms. The summed E-state index contributed by atoms with van der Waals surface area (Å²) in [6.07, 6.45) is 1.88. The molecule has 0 radical (unpaired) electrons. The van der Waals surface area contributed by atoms with E-state index in [1.165, 1.54) is 7.11 Å². The van der Waals surface area contributed by atoms with Gasteiger partial charge in [-0.2, -0.15) is 0 Å². The molecule has 2 heterocycles. The van der Waals surface area contributed by atoms with E-state index in [0.717, 1.165) is 11.3 Å². The Labute approximate surface area is 106 Å². The van der Waals surface area contributed by atoms with Crippen LogP contribution >= 0.6 is 0 Å². The Hall–Kier alpha value is -1.88. The molecular formula is C13H17N3O2. The highest BCUT2D eigenvalue weighted by Crippen LogP contribution is 2.24. The summed E-state index contributed by atoms with van der Waals surface area (Å²) in [5, 5.41) is 0. The summed E-state index contributed by atoms with van der Waals surface area (Å²) in [7, 11) is 1.35. The third kappa shape index (κ3) is 1.86. The van der Waals surface area contributed by atoms with Gasteiger partial charge >= 0.3 is 5.97 Å². The van der Waals surface area contributed by atoms with Gasteiger partial charge in [0.25, 0.3) is 0 Å². The van der Waals surface area contributed by atoms with E-state index in [-0.39, 0.29) is 5.41 Å². The second-order valence-electron chi connectivity index (χ2n) is 4.82. The van der Waals surface area contributed by atoms with Crippen LogP contribution in [0.1, 0.15) is 30.2 Å². The number of carbonyl (C=O) groups excluding carboxylic acids is 1. The minimum absolute atomic E-state index is 0.309. The fraction of sp³-hybridized carbons (Fsp3) is 0.385. The van der Waals surface area contributed by atoms with Gasteiger partial charge < -0.3 is 14.9 Å². The van der Waals surface area contributed by atoms with E-state index in [1.807, 2.05) is 42.6 Å². The molecule has 0 aromatic carbocycles. The van der Waals surface area contributed by atoms with E-state index in [0.29, 0.717) is 12.2 Å². The van der Waals surface area contributed by atoms with Crippen LogP contribution in [0.4, 0.5) is 0 Å². The zero-order valence-corrected chi connectivity index (χ0v) is 10.8. The van der Waals surface area contributed by atoms with Crippen molar-refractivity contribution in [3.63, 3.8) is 0 Å². The molecule has 0 aliphatic rings. The Kier molecular flexibility index (Phi) is 3.09. The van der Waals surface area contributed by atoms with Gasteiger partial charge in [-0.25, -0.2) is 9.78 Å². The van der Waals surface area contributed by atoms with Gasteiger partial charge in [0.1, 0.15) is 5.82 Å². The third-order valence-corrected chi connectivity index (χ3v) is 3.04. The van der Waals surface area contributed by atoms with Crippen molar-refractivity contribution in [2.75, 3.05) is 13.7 Å². The Balaban J connectivity index is 2.73. The van der Waals surface area contributed by atoms with Crippen LogP contribution in [0.2, 0.25) is 0 Å². The summed E-state index contributed by atoms with van der Waals surface area (Å²) in [4.78, 5) is 16.1. The molecule has 2 aromatic heterocycles. The van der Waals surface area contributed by atoms with Crippen molar-refractivity contribution in [2.24, 2.45) is 5.73 Å². The van der Waals surface area contributed by atoms with Gasteiger partial charge in [-0.1, -0.05) is 19.9 Å². The van der Waals surface area contributed by atoms with Crippen molar-refractivity contribution in [3.05, 3.63) is 35.9 Å². The van der Waals surface area contributed by atoms with Gasteiger partial charge in [0.15, 0.2) is 5.69 Å². The van der Waals surface area contributed by atoms with E-state index < -0.39 is 5.97 Å². The van der Waals surface area contributed by atoms with E-state index in [2.05, 4.69) is 4.98 Å². The number of aromatic nitrogens is 2. The van der Waals surface area contributed by atoms with Crippen LogP contribution in [0, 0.1) is 0 Å². The lowest BCUT2D eigenvalue weighted by Crippen LogP contribution is -2.30. The van der Waals surface area contributed by atoms with Crippen LogP contribution in [-0.2, 0) is 10.2 Å². The van der Waals surface area contributed by atoms with Gasteiger partial charge in [-0.3, -0.25) is 0 Å². The molecule has 0 saturated heterocycles. The van der Waals surface area contributed by atoms with Gasteiger partial charge in [-0.05, 0) is 12.1 Å². The second kappa shape index (κ2) is 4.42. The molecule has 0 saturated carbocycles. The highest BCUT2D eigenvalue weighted by molar-refractivity contribution is 5.95. The van der Waals surface area contributed by atoms with Gasteiger partial charge in [0, 0.05) is 18.2 Å². The molecule has 96 valence electrons. The summed E-state index contributed by atoms with van der Waals surface area (Å²) < 4.78 is 6.65. The number of rotatable bonds is 3. The standard InChI is InChI=1S/C13H17N3O2/c1-13(2,8-14)12-15-10(11(17)18-3)9-6-4-5-7-16(9)12/h4-7H,8,14H2,1-3H3. The maximum Gasteiger partial charge on any atom is 0.358 e. The van der Waals surface area contributed by atoms with E-state index in [9.17, 15) is 4.79 Å². The molecule has 5 heteroatoms. The first kappa shape index (κ1) is 12.6. The van der Waals surface area contributed by atoms with E-state index in [4.69, 9.17) is 10.5 Å². The molecule has 18 heavy (non-hydrogen) atoms. The molecule has 2 rings (SSSR count). The fourth-order valence-electron chi connectivity index (χ4n) is 1.85. The average Bonchev–Trinajstić information content (AvgIpc) is 2.78. The topological polar surface area (TPSA) is 69.6 Å². The normalized spacial score (nSPS) is 11.8. The number of carbonyl (C=O) groups is 1. The van der Waals surface area contributed by atoms with Gasteiger partial charge in [0.2, 0.25) is 0 Å². The van der Waals surface area contributed by atoms with Crippen LogP contribution < -0.4 is 5.73 Å². The lowest BCUT2D eigenvalue weighted by atomic mass is 9.93. The van der Waals surface area contributed by atoms with Crippen molar-refractivity contribution in [1.29, 1.82) is 0 Å². The van der Waals surface area contributed by atoms with Crippen LogP contribution in [-0.4, -0.2) is 29.0 Å². The maximum absolute atomic E-state index is 11.7. The second-order valence-corrected chi connectivity index (χ2v) is 4.82. The maximum atomic E-state index is 11.7. The highest BCUT2D eigenvalue weighted by Gasteiger charge is 2.27. The predicted octanol–water partition coefficient (Wildman–Crippen LogP) is 1.36. The number of methoxy groups -OCH3 is 1. The number of imidazole rings is 1. The Morgan fingerprint density at radius 2 is 2.22 bits per heavy atom. The number of nitrogens with zero attached hydrogens (tertiary/aromatic N) is 2. The quantitative estimate of drug-likeness (QED) is 0.831. The number of nitrogens with two attached hydrogens (primary N) is 1. The van der Waals surface area contributed by atoms with Gasteiger partial charge in [-0.15, -0.1) is 0 Å². The smallest absolute Gasteiger partial charge is 0.358 e. The summed E-state index contributed by atoms with van der Waals surface area (Å²) in [6, 6.07) is 5.60. The molecule has 0 bridgehead atoms. The Bertz CT molecular complexity index is 587. The zero-order valence-electron chi connectivity index (χ0n) is 10.8. The predicted molar refractivity (Wildman–Crippen MR) is 68.6 cm³/mol. The Morgan fingerprint density at radius 3 is 2.83 bits per heavy atom. The monoisotopic (exact) mass is 247 g/mol. The number of ether oxygens (including phenoxy) is 1. The van der Waals surface area contributed by atoms with Crippen LogP contribution in [0.25, 0.3) is 5.52 Å². The van der Waals surface area contributed by atoms with Crippen LogP contribution in [0.15, 0.2) is 24.4 Å². The lowest BCUT2D eigenvalue weighted by molar-refractivity contribution is 0.0596. The fourth-order valence-corrected chi connectivity index (χ4v) is 1.85. The molecule has 0 atom stereocenters. The SMILES string of the molecule is COC(=O)c1nc(C(C)(C)CN)n2ccccc12. The molecular weight excluding hydrogens is 230 g/mol. The van der Waals surface area contributed by atoms with Crippen LogP contribution in [0.5, 0.6) is 0 Å². The van der Waals surface area contributed by atoms with E-state index in [1.54, 1.807) is 0 Å². The number of pyridine rings is 1. The summed E-state index contributed by atoms with van der Waals surface area (Å²) in [5.74, 6) is 0.332. The molecule has 0 fully saturated rings. The molecule has 0 amide bonds. The summed E-state index contributed by atoms with van der Waals surface area (Å²) in [6.45, 7) is 4.44. The molecule has 0 aliphatic heterocycles. The Morgan fingerprint density at radius 1 is 1.50 bits per heavy atom. The molecule has 2 N–H and O–H groups in total. The minimum Gasteiger partial charge on any atom is -0.464 e. The van der Waals surface area contributed by atoms with Crippen molar-refractivity contribution in [1.82, 2.24) is 9.38 Å². The summed E-state index contributed by atoms with van der Waals surface area (Å²) >= 11 is 0. The highest BCUT2D eigenvalue weighted by atomic mass is 16.5. The lowest BCUT2D eigenvalue weighted by Gasteiger charge is -2.20. The number of esters is 1. The van der Waals surface area contributed by atoms with Crippen molar-refractivity contribution in [3.8, 4) is 0 Å². The van der Waals surface area contributed by atoms with E-state index >= 15 is 0 Å². The molecule has 0 unspecified atom stereocenters. The average molecular weight is 247 g/mol. The van der Waals surface area contributed by atoms with Crippen molar-refractivity contribution in [2.45, 2.75) is 19.3 Å². The first-order chi connectivity index (χ1) is 8.51.